The van der Waals surface area contributed by atoms with E-state index < -0.39 is 0 Å². The van der Waals surface area contributed by atoms with Crippen LogP contribution in [0.25, 0.3) is 11.4 Å². The molecule has 0 unspecified atom stereocenters. The molecule has 2 N–H and O–H groups in total. The van der Waals surface area contributed by atoms with E-state index >= 15 is 0 Å². The Balaban J connectivity index is 2.00. The monoisotopic (exact) mass is 279 g/mol. The second-order valence-electron chi connectivity index (χ2n) is 5.19. The Morgan fingerprint density at radius 2 is 1.90 bits per heavy atom. The highest BCUT2D eigenvalue weighted by atomic mass is 15.5. The SMILES string of the molecule is Cc1cccc(Cn2nnnc2-c2cccc(C)c2N)c1. The lowest BCUT2D eigenvalue weighted by Gasteiger charge is -2.09. The van der Waals surface area contributed by atoms with Gasteiger partial charge in [-0.05, 0) is 41.5 Å². The highest BCUT2D eigenvalue weighted by molar-refractivity contribution is 5.74. The fourth-order valence-corrected chi connectivity index (χ4v) is 2.36. The highest BCUT2D eigenvalue weighted by Crippen LogP contribution is 2.26. The average Bonchev–Trinajstić information content (AvgIpc) is 2.90. The number of hydrogen-bond acceptors (Lipinski definition) is 4. The molecule has 0 aliphatic heterocycles. The van der Waals surface area contributed by atoms with E-state index in [1.165, 1.54) is 5.56 Å². The van der Waals surface area contributed by atoms with Gasteiger partial charge in [0.25, 0.3) is 0 Å². The number of para-hydroxylation sites is 1. The first-order valence-corrected chi connectivity index (χ1v) is 6.82. The summed E-state index contributed by atoms with van der Waals surface area (Å²) in [6.45, 7) is 4.67. The van der Waals surface area contributed by atoms with Gasteiger partial charge in [-0.2, -0.15) is 0 Å². The molecule has 5 heteroatoms. The molecular formula is C16H17N5. The summed E-state index contributed by atoms with van der Waals surface area (Å²) in [5.41, 5.74) is 11.1. The molecule has 0 aliphatic rings. The molecule has 0 atom stereocenters. The van der Waals surface area contributed by atoms with Gasteiger partial charge in [0.1, 0.15) is 0 Å². The van der Waals surface area contributed by atoms with Crippen LogP contribution < -0.4 is 5.73 Å². The predicted molar refractivity (Wildman–Crippen MR) is 82.7 cm³/mol. The normalized spacial score (nSPS) is 10.8. The zero-order valence-electron chi connectivity index (χ0n) is 12.1. The average molecular weight is 279 g/mol. The van der Waals surface area contributed by atoms with Crippen molar-refractivity contribution in [1.82, 2.24) is 20.2 Å². The summed E-state index contributed by atoms with van der Waals surface area (Å²) in [5, 5.41) is 12.0. The third-order valence-electron chi connectivity index (χ3n) is 3.51. The van der Waals surface area contributed by atoms with Crippen molar-refractivity contribution >= 4 is 5.69 Å². The van der Waals surface area contributed by atoms with Crippen LogP contribution in [0, 0.1) is 13.8 Å². The minimum atomic E-state index is 0.622. The molecule has 0 saturated heterocycles. The molecule has 5 nitrogen and oxygen atoms in total. The zero-order chi connectivity index (χ0) is 14.8. The summed E-state index contributed by atoms with van der Waals surface area (Å²) in [6.07, 6.45) is 0. The molecule has 0 fully saturated rings. The van der Waals surface area contributed by atoms with Gasteiger partial charge in [0.2, 0.25) is 0 Å². The van der Waals surface area contributed by atoms with Crippen LogP contribution in [0.3, 0.4) is 0 Å². The Bertz CT molecular complexity index is 776. The van der Waals surface area contributed by atoms with Gasteiger partial charge >= 0.3 is 0 Å². The van der Waals surface area contributed by atoms with Gasteiger partial charge in [-0.15, -0.1) is 5.10 Å². The van der Waals surface area contributed by atoms with Crippen molar-refractivity contribution in [2.45, 2.75) is 20.4 Å². The molecule has 0 spiro atoms. The number of nitrogens with zero attached hydrogens (tertiary/aromatic N) is 4. The maximum Gasteiger partial charge on any atom is 0.184 e. The van der Waals surface area contributed by atoms with Crippen molar-refractivity contribution in [3.63, 3.8) is 0 Å². The van der Waals surface area contributed by atoms with E-state index in [0.29, 0.717) is 12.4 Å². The van der Waals surface area contributed by atoms with Crippen molar-refractivity contribution in [3.05, 3.63) is 59.2 Å². The minimum absolute atomic E-state index is 0.622. The molecule has 0 aliphatic carbocycles. The molecule has 0 saturated carbocycles. The number of hydrogen-bond donors (Lipinski definition) is 1. The second kappa shape index (κ2) is 5.36. The molecule has 3 rings (SSSR count). The van der Waals surface area contributed by atoms with Gasteiger partial charge in [-0.25, -0.2) is 4.68 Å². The van der Waals surface area contributed by atoms with Crippen LogP contribution in [0.5, 0.6) is 0 Å². The van der Waals surface area contributed by atoms with Crippen LogP contribution in [-0.4, -0.2) is 20.2 Å². The summed E-state index contributed by atoms with van der Waals surface area (Å²) in [6, 6.07) is 14.2. The molecule has 3 aromatic rings. The van der Waals surface area contributed by atoms with E-state index in [1.54, 1.807) is 4.68 Å². The zero-order valence-corrected chi connectivity index (χ0v) is 12.1. The maximum absolute atomic E-state index is 6.15. The van der Waals surface area contributed by atoms with Crippen molar-refractivity contribution in [2.24, 2.45) is 0 Å². The number of rotatable bonds is 3. The quantitative estimate of drug-likeness (QED) is 0.748. The lowest BCUT2D eigenvalue weighted by Crippen LogP contribution is -2.06. The third-order valence-corrected chi connectivity index (χ3v) is 3.51. The Morgan fingerprint density at radius 1 is 1.10 bits per heavy atom. The molecule has 1 aromatic heterocycles. The summed E-state index contributed by atoms with van der Waals surface area (Å²) in [7, 11) is 0. The molecule has 21 heavy (non-hydrogen) atoms. The van der Waals surface area contributed by atoms with Gasteiger partial charge in [-0.3, -0.25) is 0 Å². The smallest absolute Gasteiger partial charge is 0.184 e. The number of benzene rings is 2. The number of anilines is 1. The summed E-state index contributed by atoms with van der Waals surface area (Å²) in [4.78, 5) is 0. The Labute approximate surface area is 123 Å². The lowest BCUT2D eigenvalue weighted by molar-refractivity contribution is 0.653. The Kier molecular flexibility index (Phi) is 3.39. The lowest BCUT2D eigenvalue weighted by atomic mass is 10.1. The second-order valence-corrected chi connectivity index (χ2v) is 5.19. The van der Waals surface area contributed by atoms with Crippen molar-refractivity contribution in [1.29, 1.82) is 0 Å². The molecule has 0 radical (unpaired) electrons. The van der Waals surface area contributed by atoms with Gasteiger partial charge in [0, 0.05) is 11.3 Å². The number of aryl methyl sites for hydroxylation is 2. The van der Waals surface area contributed by atoms with Gasteiger partial charge in [-0.1, -0.05) is 42.0 Å². The van der Waals surface area contributed by atoms with Crippen LogP contribution in [0.4, 0.5) is 5.69 Å². The number of aromatic nitrogens is 4. The van der Waals surface area contributed by atoms with Crippen molar-refractivity contribution in [2.75, 3.05) is 5.73 Å². The molecule has 0 bridgehead atoms. The van der Waals surface area contributed by atoms with Crippen LogP contribution in [0.15, 0.2) is 42.5 Å². The van der Waals surface area contributed by atoms with Crippen molar-refractivity contribution in [3.8, 4) is 11.4 Å². The Hall–Kier alpha value is -2.69. The van der Waals surface area contributed by atoms with Crippen LogP contribution in [0.1, 0.15) is 16.7 Å². The molecule has 1 heterocycles. The first-order valence-electron chi connectivity index (χ1n) is 6.82. The number of tetrazole rings is 1. The largest absolute Gasteiger partial charge is 0.398 e. The summed E-state index contributed by atoms with van der Waals surface area (Å²) in [5.74, 6) is 0.692. The van der Waals surface area contributed by atoms with E-state index in [9.17, 15) is 0 Å². The third kappa shape index (κ3) is 2.63. The van der Waals surface area contributed by atoms with Gasteiger partial charge in [0.05, 0.1) is 6.54 Å². The van der Waals surface area contributed by atoms with Gasteiger partial charge in [0.15, 0.2) is 5.82 Å². The number of nitrogen functional groups attached to an aromatic ring is 1. The van der Waals surface area contributed by atoms with Crippen LogP contribution in [-0.2, 0) is 6.54 Å². The van der Waals surface area contributed by atoms with E-state index in [2.05, 4.69) is 40.6 Å². The topological polar surface area (TPSA) is 69.6 Å². The fourth-order valence-electron chi connectivity index (χ4n) is 2.36. The van der Waals surface area contributed by atoms with Crippen LogP contribution >= 0.6 is 0 Å². The standard InChI is InChI=1S/C16H17N5/c1-11-5-3-7-13(9-11)10-21-16(18-19-20-21)14-8-4-6-12(2)15(14)17/h3-9H,10,17H2,1-2H3. The van der Waals surface area contributed by atoms with Crippen molar-refractivity contribution < 1.29 is 0 Å². The van der Waals surface area contributed by atoms with E-state index in [-0.39, 0.29) is 0 Å². The molecule has 2 aromatic carbocycles. The number of nitrogens with two attached hydrogens (primary N) is 1. The van der Waals surface area contributed by atoms with E-state index in [0.717, 1.165) is 22.4 Å². The summed E-state index contributed by atoms with van der Waals surface area (Å²) < 4.78 is 1.78. The summed E-state index contributed by atoms with van der Waals surface area (Å²) >= 11 is 0. The fraction of sp³-hybridized carbons (Fsp3) is 0.188. The van der Waals surface area contributed by atoms with E-state index in [1.807, 2.05) is 31.2 Å². The molecule has 106 valence electrons. The minimum Gasteiger partial charge on any atom is -0.398 e. The maximum atomic E-state index is 6.15. The van der Waals surface area contributed by atoms with Crippen LogP contribution in [0.2, 0.25) is 0 Å². The molecular weight excluding hydrogens is 262 g/mol. The first kappa shape index (κ1) is 13.3. The first-order chi connectivity index (χ1) is 10.1. The van der Waals surface area contributed by atoms with Gasteiger partial charge < -0.3 is 5.73 Å². The predicted octanol–water partition coefficient (Wildman–Crippen LogP) is 2.59. The van der Waals surface area contributed by atoms with E-state index in [4.69, 9.17) is 5.73 Å². The molecule has 0 amide bonds. The Morgan fingerprint density at radius 3 is 2.71 bits per heavy atom. The highest BCUT2D eigenvalue weighted by Gasteiger charge is 2.13.